The summed E-state index contributed by atoms with van der Waals surface area (Å²) in [4.78, 5) is 36.1. The highest BCUT2D eigenvalue weighted by Crippen LogP contribution is 2.35. The van der Waals surface area contributed by atoms with Gasteiger partial charge in [-0.15, -0.1) is 0 Å². The number of carbonyl (C=O) groups is 2. The van der Waals surface area contributed by atoms with Crippen molar-refractivity contribution in [1.82, 2.24) is 20.4 Å². The highest BCUT2D eigenvalue weighted by molar-refractivity contribution is 6.68. The average molecular weight is 692 g/mol. The summed E-state index contributed by atoms with van der Waals surface area (Å²) in [5, 5.41) is 11.3. The minimum absolute atomic E-state index is 0.00735. The van der Waals surface area contributed by atoms with Crippen molar-refractivity contribution >= 4 is 57.7 Å². The van der Waals surface area contributed by atoms with Crippen molar-refractivity contribution in [3.63, 3.8) is 0 Å². The van der Waals surface area contributed by atoms with E-state index < -0.39 is 11.5 Å². The molecule has 11 nitrogen and oxygen atoms in total. The van der Waals surface area contributed by atoms with Gasteiger partial charge in [-0.2, -0.15) is 5.10 Å². The fourth-order valence-electron chi connectivity index (χ4n) is 6.35. The monoisotopic (exact) mass is 690 g/mol. The Morgan fingerprint density at radius 2 is 1.87 bits per heavy atom. The molecule has 1 saturated heterocycles. The van der Waals surface area contributed by atoms with Gasteiger partial charge in [-0.3, -0.25) is 19.7 Å². The number of nitrogens with zero attached hydrogens (tertiary/aromatic N) is 4. The fourth-order valence-corrected chi connectivity index (χ4v) is 7.18. The Hall–Kier alpha value is -3.28. The molecule has 5 rings (SSSR count). The summed E-state index contributed by atoms with van der Waals surface area (Å²) >= 11 is 19.0. The highest BCUT2D eigenvalue weighted by Gasteiger charge is 2.31. The molecule has 0 bridgehead atoms. The number of nitrogens with two attached hydrogens (primary N) is 2. The molecule has 1 aromatic carbocycles. The molecule has 14 heteroatoms. The standard InChI is InChI=1S/C32H41Cl3N8O3/c1-18-21(13-27(34)39-30(18)35)17-46-22-7-8-23(24(33)14-22)26-15-25(41-42-26)19-9-11-43(12-10-19)28(44)16-38-31(45)29(40-32(36)37)20-5-3-2-4-6-20/h7-8,13-15,18-20,29-30H,2-6,9-12,16-17H2,1H3,(H,38,45)(H,41,42)(H4,36,37,40)/t18?,29-,30?/m1/s1. The summed E-state index contributed by atoms with van der Waals surface area (Å²) in [6.45, 7) is 3.39. The Kier molecular flexibility index (Phi) is 11.5. The van der Waals surface area contributed by atoms with Crippen molar-refractivity contribution in [3.05, 3.63) is 46.6 Å². The Labute approximate surface area is 284 Å². The van der Waals surface area contributed by atoms with Crippen LogP contribution in [0.5, 0.6) is 5.75 Å². The van der Waals surface area contributed by atoms with Crippen LogP contribution in [0.25, 0.3) is 11.3 Å². The number of halogens is 3. The van der Waals surface area contributed by atoms with Crippen molar-refractivity contribution in [2.45, 2.75) is 69.3 Å². The summed E-state index contributed by atoms with van der Waals surface area (Å²) in [5.74, 6) is 0.402. The third-order valence-electron chi connectivity index (χ3n) is 9.12. The zero-order valence-corrected chi connectivity index (χ0v) is 28.1. The van der Waals surface area contributed by atoms with Crippen LogP contribution in [0.1, 0.15) is 63.5 Å². The Bertz CT molecular complexity index is 1490. The number of piperidine rings is 1. The highest BCUT2D eigenvalue weighted by atomic mass is 35.5. The van der Waals surface area contributed by atoms with Crippen LogP contribution in [-0.4, -0.2) is 75.8 Å². The van der Waals surface area contributed by atoms with E-state index in [0.29, 0.717) is 35.6 Å². The number of likely N-dealkylation sites (tertiary alicyclic amines) is 1. The van der Waals surface area contributed by atoms with E-state index in [-0.39, 0.29) is 42.1 Å². The molecule has 3 atom stereocenters. The lowest BCUT2D eigenvalue weighted by atomic mass is 9.83. The minimum Gasteiger partial charge on any atom is -0.489 e. The van der Waals surface area contributed by atoms with Gasteiger partial charge in [0.2, 0.25) is 11.8 Å². The van der Waals surface area contributed by atoms with Gasteiger partial charge in [-0.05, 0) is 67.5 Å². The van der Waals surface area contributed by atoms with Crippen LogP contribution in [0.4, 0.5) is 0 Å². The first-order chi connectivity index (χ1) is 22.1. The van der Waals surface area contributed by atoms with E-state index in [2.05, 4.69) is 25.5 Å². The normalized spacial score (nSPS) is 21.6. The van der Waals surface area contributed by atoms with E-state index in [1.54, 1.807) is 17.0 Å². The fraction of sp³-hybridized carbons (Fsp3) is 0.531. The lowest BCUT2D eigenvalue weighted by molar-refractivity contribution is -0.134. The first kappa shape index (κ1) is 34.1. The molecule has 2 amide bonds. The van der Waals surface area contributed by atoms with Gasteiger partial charge in [0.05, 0.1) is 17.3 Å². The maximum absolute atomic E-state index is 13.0. The number of hydrogen-bond donors (Lipinski definition) is 4. The molecule has 2 fully saturated rings. The van der Waals surface area contributed by atoms with Crippen molar-refractivity contribution < 1.29 is 14.3 Å². The molecule has 1 saturated carbocycles. The van der Waals surface area contributed by atoms with Gasteiger partial charge >= 0.3 is 0 Å². The van der Waals surface area contributed by atoms with Gasteiger partial charge in [-0.1, -0.05) is 61.0 Å². The molecule has 3 heterocycles. The van der Waals surface area contributed by atoms with E-state index in [1.807, 2.05) is 25.1 Å². The molecule has 2 unspecified atom stereocenters. The van der Waals surface area contributed by atoms with Crippen molar-refractivity contribution in [1.29, 1.82) is 0 Å². The molecule has 2 aromatic rings. The van der Waals surface area contributed by atoms with Crippen molar-refractivity contribution in [2.24, 2.45) is 33.3 Å². The predicted octanol–water partition coefficient (Wildman–Crippen LogP) is 4.93. The summed E-state index contributed by atoms with van der Waals surface area (Å²) < 4.78 is 5.97. The number of nitrogens with one attached hydrogen (secondary N) is 2. The molecule has 248 valence electrons. The lowest BCUT2D eigenvalue weighted by Crippen LogP contribution is -2.47. The number of hydrogen-bond acceptors (Lipinski definition) is 6. The van der Waals surface area contributed by atoms with Crippen LogP contribution >= 0.6 is 34.8 Å². The summed E-state index contributed by atoms with van der Waals surface area (Å²) in [6, 6.07) is 6.86. The molecule has 2 aliphatic heterocycles. The zero-order valence-electron chi connectivity index (χ0n) is 25.9. The minimum atomic E-state index is -0.659. The number of ether oxygens (including phenoxy) is 1. The van der Waals surface area contributed by atoms with Gasteiger partial charge in [0.25, 0.3) is 0 Å². The number of H-pyrrole nitrogens is 1. The first-order valence-corrected chi connectivity index (χ1v) is 17.0. The number of dihydropyridines is 1. The largest absolute Gasteiger partial charge is 0.489 e. The lowest BCUT2D eigenvalue weighted by Gasteiger charge is -2.32. The molecule has 1 aromatic heterocycles. The van der Waals surface area contributed by atoms with Gasteiger partial charge < -0.3 is 26.4 Å². The summed E-state index contributed by atoms with van der Waals surface area (Å²) in [7, 11) is 0. The quantitative estimate of drug-likeness (QED) is 0.119. The third kappa shape index (κ3) is 8.54. The van der Waals surface area contributed by atoms with Gasteiger partial charge in [-0.25, -0.2) is 4.99 Å². The Morgan fingerprint density at radius 1 is 1.13 bits per heavy atom. The molecular formula is C32H41Cl3N8O3. The SMILES string of the molecule is CC1C(COc2ccc(-c3cc(C4CCN(C(=O)CNC(=O)[C@H](N=C(N)N)C5CCCCC5)CC4)[nH]n3)c(Cl)c2)=CC(Cl)=NC1Cl. The number of rotatable bonds is 10. The maximum atomic E-state index is 13.0. The molecule has 0 radical (unpaired) electrons. The summed E-state index contributed by atoms with van der Waals surface area (Å²) in [6.07, 6.45) is 8.38. The van der Waals surface area contributed by atoms with Gasteiger partial charge in [0.1, 0.15) is 29.1 Å². The molecule has 6 N–H and O–H groups in total. The van der Waals surface area contributed by atoms with Crippen LogP contribution in [0.2, 0.25) is 5.02 Å². The summed E-state index contributed by atoms with van der Waals surface area (Å²) in [5.41, 5.74) is 14.3. The van der Waals surface area contributed by atoms with Crippen molar-refractivity contribution in [2.75, 3.05) is 26.2 Å². The number of amides is 2. The number of aliphatic imine (C=N–C) groups is 2. The number of benzene rings is 1. The molecule has 1 aliphatic carbocycles. The third-order valence-corrected chi connectivity index (χ3v) is 10.1. The number of guanidine groups is 1. The average Bonchev–Trinajstić information content (AvgIpc) is 3.54. The smallest absolute Gasteiger partial charge is 0.245 e. The number of allylic oxidation sites excluding steroid dienone is 1. The molecule has 0 spiro atoms. The Morgan fingerprint density at radius 3 is 2.57 bits per heavy atom. The maximum Gasteiger partial charge on any atom is 0.245 e. The van der Waals surface area contributed by atoms with E-state index >= 15 is 0 Å². The Balaban J connectivity index is 1.11. The second-order valence-corrected chi connectivity index (χ2v) is 13.5. The van der Waals surface area contributed by atoms with E-state index in [1.165, 1.54) is 0 Å². The molecule has 3 aliphatic rings. The number of carbonyl (C=O) groups excluding carboxylic acids is 2. The van der Waals surface area contributed by atoms with Crippen LogP contribution in [0.3, 0.4) is 0 Å². The van der Waals surface area contributed by atoms with E-state index in [4.69, 9.17) is 51.0 Å². The van der Waals surface area contributed by atoms with E-state index in [0.717, 1.165) is 67.5 Å². The zero-order chi connectivity index (χ0) is 32.8. The van der Waals surface area contributed by atoms with Crippen LogP contribution < -0.4 is 21.5 Å². The van der Waals surface area contributed by atoms with Crippen LogP contribution in [-0.2, 0) is 9.59 Å². The van der Waals surface area contributed by atoms with Gasteiger partial charge in [0, 0.05) is 36.2 Å². The second kappa shape index (κ2) is 15.5. The topological polar surface area (TPSA) is 164 Å². The second-order valence-electron chi connectivity index (χ2n) is 12.2. The number of aromatic amines is 1. The predicted molar refractivity (Wildman–Crippen MR) is 182 cm³/mol. The van der Waals surface area contributed by atoms with Crippen molar-refractivity contribution in [3.8, 4) is 17.0 Å². The number of aromatic nitrogens is 2. The van der Waals surface area contributed by atoms with E-state index in [9.17, 15) is 9.59 Å². The number of alkyl halides is 1. The van der Waals surface area contributed by atoms with Gasteiger partial charge in [0.15, 0.2) is 5.96 Å². The molecular weight excluding hydrogens is 651 g/mol. The van der Waals surface area contributed by atoms with Crippen LogP contribution in [0, 0.1) is 11.8 Å². The molecule has 46 heavy (non-hydrogen) atoms. The van der Waals surface area contributed by atoms with Crippen LogP contribution in [0.15, 0.2) is 45.9 Å². The first-order valence-electron chi connectivity index (χ1n) is 15.8.